The molecule has 5 heteroatoms. The van der Waals surface area contributed by atoms with Gasteiger partial charge in [-0.2, -0.15) is 0 Å². The van der Waals surface area contributed by atoms with Gasteiger partial charge in [-0.1, -0.05) is 37.3 Å². The summed E-state index contributed by atoms with van der Waals surface area (Å²) in [4.78, 5) is 25.9. The van der Waals surface area contributed by atoms with Crippen molar-refractivity contribution in [1.29, 1.82) is 0 Å². The van der Waals surface area contributed by atoms with E-state index in [1.54, 1.807) is 7.11 Å². The fourth-order valence-electron chi connectivity index (χ4n) is 4.76. The normalized spacial score (nSPS) is 20.8. The van der Waals surface area contributed by atoms with Crippen LogP contribution in [0.25, 0.3) is 0 Å². The lowest BCUT2D eigenvalue weighted by atomic mass is 9.73. The molecule has 1 aliphatic heterocycles. The summed E-state index contributed by atoms with van der Waals surface area (Å²) in [5.74, 6) is 1.25. The lowest BCUT2D eigenvalue weighted by Crippen LogP contribution is -2.38. The smallest absolute Gasteiger partial charge is 0.225 e. The average Bonchev–Trinajstić information content (AvgIpc) is 2.78. The van der Waals surface area contributed by atoms with E-state index in [0.29, 0.717) is 30.8 Å². The van der Waals surface area contributed by atoms with Crippen molar-refractivity contribution in [2.24, 2.45) is 0 Å². The average molecular weight is 434 g/mol. The Bertz CT molecular complexity index is 1050. The molecule has 0 saturated carbocycles. The molecule has 0 fully saturated rings. The van der Waals surface area contributed by atoms with Gasteiger partial charge >= 0.3 is 0 Å². The van der Waals surface area contributed by atoms with Gasteiger partial charge in [-0.05, 0) is 61.4 Å². The van der Waals surface area contributed by atoms with Crippen molar-refractivity contribution in [3.8, 4) is 11.5 Å². The number of allylic oxidation sites excluding steroid dienone is 2. The summed E-state index contributed by atoms with van der Waals surface area (Å²) in [7, 11) is 1.62. The van der Waals surface area contributed by atoms with Crippen molar-refractivity contribution in [1.82, 2.24) is 5.32 Å². The van der Waals surface area contributed by atoms with Crippen LogP contribution in [0.15, 0.2) is 53.7 Å². The zero-order valence-corrected chi connectivity index (χ0v) is 19.2. The number of hydrogen-bond acceptors (Lipinski definition) is 4. The largest absolute Gasteiger partial charge is 0.493 e. The standard InChI is InChI=1S/C27H31NO4/c1-5-17-6-8-18(9-7-17)21-15-26(30)28-22-12-20(13-23(29)27(21)22)19-10-11-24(32-16(2)3)25(14-19)31-4/h6-11,14,16,20-21H,5,12-13,15H2,1-4H3,(H,28,30). The fourth-order valence-corrected chi connectivity index (χ4v) is 4.76. The minimum Gasteiger partial charge on any atom is -0.493 e. The molecule has 1 aliphatic carbocycles. The molecule has 1 amide bonds. The molecule has 0 aromatic heterocycles. The Morgan fingerprint density at radius 1 is 0.969 bits per heavy atom. The molecule has 2 aromatic carbocycles. The number of hydrogen-bond donors (Lipinski definition) is 1. The van der Waals surface area contributed by atoms with Crippen LogP contribution in [-0.4, -0.2) is 24.9 Å². The Hall–Kier alpha value is -3.08. The van der Waals surface area contributed by atoms with Gasteiger partial charge in [0.25, 0.3) is 0 Å². The van der Waals surface area contributed by atoms with Crippen molar-refractivity contribution in [2.75, 3.05) is 7.11 Å². The zero-order valence-electron chi connectivity index (χ0n) is 19.2. The highest BCUT2D eigenvalue weighted by molar-refractivity contribution is 6.02. The summed E-state index contributed by atoms with van der Waals surface area (Å²) in [5.41, 5.74) is 4.84. The number of rotatable bonds is 6. The second-order valence-corrected chi connectivity index (χ2v) is 8.90. The molecule has 1 N–H and O–H groups in total. The van der Waals surface area contributed by atoms with E-state index in [1.807, 2.05) is 32.0 Å². The third-order valence-corrected chi connectivity index (χ3v) is 6.35. The monoisotopic (exact) mass is 433 g/mol. The molecule has 0 spiro atoms. The molecular formula is C27H31NO4. The first kappa shape index (κ1) is 22.1. The summed E-state index contributed by atoms with van der Waals surface area (Å²) in [6.45, 7) is 6.06. The molecular weight excluding hydrogens is 402 g/mol. The maximum absolute atomic E-state index is 13.3. The number of carbonyl (C=O) groups is 2. The van der Waals surface area contributed by atoms with Crippen molar-refractivity contribution in [3.63, 3.8) is 0 Å². The van der Waals surface area contributed by atoms with Gasteiger partial charge < -0.3 is 14.8 Å². The van der Waals surface area contributed by atoms with Crippen molar-refractivity contribution in [3.05, 3.63) is 70.4 Å². The van der Waals surface area contributed by atoms with Crippen LogP contribution in [-0.2, 0) is 16.0 Å². The molecule has 2 unspecified atom stereocenters. The van der Waals surface area contributed by atoms with Crippen LogP contribution in [0.1, 0.15) is 68.6 Å². The summed E-state index contributed by atoms with van der Waals surface area (Å²) in [6, 6.07) is 14.1. The van der Waals surface area contributed by atoms with E-state index in [4.69, 9.17) is 9.47 Å². The minimum atomic E-state index is -0.172. The Balaban J connectivity index is 1.64. The molecule has 5 nitrogen and oxygen atoms in total. The van der Waals surface area contributed by atoms with Gasteiger partial charge in [0.05, 0.1) is 13.2 Å². The number of nitrogens with one attached hydrogen (secondary N) is 1. The maximum Gasteiger partial charge on any atom is 0.225 e. The second kappa shape index (κ2) is 9.19. The Morgan fingerprint density at radius 3 is 2.34 bits per heavy atom. The number of ketones is 1. The molecule has 4 rings (SSSR count). The highest BCUT2D eigenvalue weighted by Crippen LogP contribution is 2.44. The number of benzene rings is 2. The first-order valence-electron chi connectivity index (χ1n) is 11.4. The maximum atomic E-state index is 13.3. The van der Waals surface area contributed by atoms with Crippen LogP contribution in [0.2, 0.25) is 0 Å². The Labute approximate surface area is 189 Å². The summed E-state index contributed by atoms with van der Waals surface area (Å²) >= 11 is 0. The first-order valence-corrected chi connectivity index (χ1v) is 11.4. The summed E-state index contributed by atoms with van der Waals surface area (Å²) in [5, 5.41) is 3.00. The minimum absolute atomic E-state index is 0.00947. The van der Waals surface area contributed by atoms with Crippen LogP contribution in [0.4, 0.5) is 0 Å². The number of aryl methyl sites for hydroxylation is 1. The van der Waals surface area contributed by atoms with Crippen molar-refractivity contribution in [2.45, 2.75) is 64.4 Å². The van der Waals surface area contributed by atoms with Gasteiger partial charge in [-0.3, -0.25) is 9.59 Å². The molecule has 0 radical (unpaired) electrons. The Morgan fingerprint density at radius 2 is 1.69 bits per heavy atom. The Kier molecular flexibility index (Phi) is 6.35. The van der Waals surface area contributed by atoms with Gasteiger partial charge in [0.2, 0.25) is 5.91 Å². The molecule has 32 heavy (non-hydrogen) atoms. The summed E-state index contributed by atoms with van der Waals surface area (Å²) < 4.78 is 11.4. The van der Waals surface area contributed by atoms with E-state index in [0.717, 1.165) is 28.8 Å². The van der Waals surface area contributed by atoms with E-state index in [1.165, 1.54) is 5.56 Å². The van der Waals surface area contributed by atoms with Crippen LogP contribution >= 0.6 is 0 Å². The first-order chi connectivity index (χ1) is 15.4. The van der Waals surface area contributed by atoms with Crippen molar-refractivity contribution < 1.29 is 19.1 Å². The zero-order chi connectivity index (χ0) is 22.8. The topological polar surface area (TPSA) is 64.6 Å². The molecule has 0 bridgehead atoms. The fraction of sp³-hybridized carbons (Fsp3) is 0.407. The number of methoxy groups -OCH3 is 1. The van der Waals surface area contributed by atoms with Crippen LogP contribution in [0, 0.1) is 0 Å². The van der Waals surface area contributed by atoms with Crippen LogP contribution in [0.3, 0.4) is 0 Å². The SMILES string of the molecule is CCc1ccc(C2CC(=O)NC3=C2C(=O)CC(c2ccc(OC(C)C)c(OC)c2)C3)cc1. The van der Waals surface area contributed by atoms with Crippen molar-refractivity contribution >= 4 is 11.7 Å². The molecule has 1 heterocycles. The molecule has 2 aromatic rings. The predicted molar refractivity (Wildman–Crippen MR) is 124 cm³/mol. The third kappa shape index (κ3) is 4.43. The highest BCUT2D eigenvalue weighted by Gasteiger charge is 2.38. The number of carbonyl (C=O) groups excluding carboxylic acids is 2. The quantitative estimate of drug-likeness (QED) is 0.692. The lowest BCUT2D eigenvalue weighted by molar-refractivity contribution is -0.122. The summed E-state index contributed by atoms with van der Waals surface area (Å²) in [6.07, 6.45) is 2.37. The van der Waals surface area contributed by atoms with E-state index in [2.05, 4.69) is 36.5 Å². The second-order valence-electron chi connectivity index (χ2n) is 8.90. The van der Waals surface area contributed by atoms with Crippen LogP contribution < -0.4 is 14.8 Å². The number of Topliss-reactive ketones (excluding diaryl/α,β-unsaturated/α-hetero) is 1. The van der Waals surface area contributed by atoms with Gasteiger partial charge in [-0.25, -0.2) is 0 Å². The molecule has 168 valence electrons. The van der Waals surface area contributed by atoms with Crippen LogP contribution in [0.5, 0.6) is 11.5 Å². The van der Waals surface area contributed by atoms with E-state index < -0.39 is 0 Å². The third-order valence-electron chi connectivity index (χ3n) is 6.35. The van der Waals surface area contributed by atoms with Gasteiger partial charge in [0.15, 0.2) is 17.3 Å². The lowest BCUT2D eigenvalue weighted by Gasteiger charge is -2.34. The van der Waals surface area contributed by atoms with Gasteiger partial charge in [-0.15, -0.1) is 0 Å². The van der Waals surface area contributed by atoms with E-state index in [9.17, 15) is 9.59 Å². The number of ether oxygens (including phenoxy) is 2. The number of amides is 1. The highest BCUT2D eigenvalue weighted by atomic mass is 16.5. The predicted octanol–water partition coefficient (Wildman–Crippen LogP) is 5.05. The van der Waals surface area contributed by atoms with E-state index in [-0.39, 0.29) is 29.6 Å². The van der Waals surface area contributed by atoms with E-state index >= 15 is 0 Å². The molecule has 0 saturated heterocycles. The molecule has 2 atom stereocenters. The molecule has 2 aliphatic rings. The van der Waals surface area contributed by atoms with Gasteiger partial charge in [0.1, 0.15) is 0 Å². The van der Waals surface area contributed by atoms with Gasteiger partial charge in [0, 0.05) is 30.0 Å².